The first-order valence-corrected chi connectivity index (χ1v) is 11.8. The second-order valence-corrected chi connectivity index (χ2v) is 10.1. The maximum atomic E-state index is 14.5. The molecule has 0 spiro atoms. The van der Waals surface area contributed by atoms with Crippen LogP contribution in [-0.2, 0) is 4.74 Å². The van der Waals surface area contributed by atoms with E-state index in [4.69, 9.17) is 4.74 Å². The van der Waals surface area contributed by atoms with Gasteiger partial charge in [0, 0.05) is 49.8 Å². The maximum absolute atomic E-state index is 14.5. The maximum Gasteiger partial charge on any atom is 0.410 e. The van der Waals surface area contributed by atoms with Gasteiger partial charge in [-0.3, -0.25) is 0 Å². The van der Waals surface area contributed by atoms with Gasteiger partial charge in [-0.05, 0) is 52.8 Å². The van der Waals surface area contributed by atoms with Gasteiger partial charge in [-0.15, -0.1) is 0 Å². The number of fused-ring (bicyclic) bond motifs is 2. The smallest absolute Gasteiger partial charge is 0.410 e. The number of hydrogen-bond acceptors (Lipinski definition) is 7. The standard InChI is InChI=1S/C25H28FN7O3/c1-15-11-31-13-17(10-19(26)22(31)27-15)21-28-20-7-6-18(14-33(20)23(34)29-21)30-8-9-32(16(2)12-30)24(35)36-25(3,4)5/h6-7,10-11,13-14,16H,8-9,12H2,1-5H3/t16-/m0/s1. The lowest BCUT2D eigenvalue weighted by atomic mass is 10.1. The normalized spacial score (nSPS) is 16.7. The third kappa shape index (κ3) is 4.48. The van der Waals surface area contributed by atoms with Gasteiger partial charge in [0.1, 0.15) is 11.2 Å². The number of carbonyl (C=O) groups excluding carboxylic acids is 1. The highest BCUT2D eigenvalue weighted by Crippen LogP contribution is 2.23. The van der Waals surface area contributed by atoms with Crippen LogP contribution in [0, 0.1) is 12.7 Å². The van der Waals surface area contributed by atoms with E-state index in [1.807, 2.05) is 33.8 Å². The molecule has 0 aliphatic carbocycles. The van der Waals surface area contributed by atoms with E-state index in [0.29, 0.717) is 36.5 Å². The predicted octanol–water partition coefficient (Wildman–Crippen LogP) is 3.30. The Morgan fingerprint density at radius 1 is 1.11 bits per heavy atom. The van der Waals surface area contributed by atoms with Crippen LogP contribution >= 0.6 is 0 Å². The number of rotatable bonds is 2. The van der Waals surface area contributed by atoms with E-state index >= 15 is 0 Å². The van der Waals surface area contributed by atoms with Gasteiger partial charge in [-0.1, -0.05) is 0 Å². The van der Waals surface area contributed by atoms with Crippen molar-refractivity contribution in [2.24, 2.45) is 0 Å². The first-order valence-electron chi connectivity index (χ1n) is 11.8. The summed E-state index contributed by atoms with van der Waals surface area (Å²) in [6.07, 6.45) is 4.72. The number of nitrogens with zero attached hydrogens (tertiary/aromatic N) is 7. The summed E-state index contributed by atoms with van der Waals surface area (Å²) in [5.74, 6) is -0.376. The lowest BCUT2D eigenvalue weighted by Crippen LogP contribution is -2.55. The molecule has 11 heteroatoms. The van der Waals surface area contributed by atoms with Crippen molar-refractivity contribution in [2.75, 3.05) is 24.5 Å². The topological polar surface area (TPSA) is 97.3 Å². The van der Waals surface area contributed by atoms with E-state index in [2.05, 4.69) is 19.9 Å². The number of imidazole rings is 1. The average Bonchev–Trinajstić information content (AvgIpc) is 3.18. The van der Waals surface area contributed by atoms with Gasteiger partial charge < -0.3 is 18.9 Å². The number of aryl methyl sites for hydroxylation is 1. The Hall–Kier alpha value is -4.02. The van der Waals surface area contributed by atoms with Crippen LogP contribution in [0.4, 0.5) is 14.9 Å². The Morgan fingerprint density at radius 3 is 2.61 bits per heavy atom. The molecule has 0 bridgehead atoms. The van der Waals surface area contributed by atoms with Crippen LogP contribution in [0.1, 0.15) is 33.4 Å². The van der Waals surface area contributed by atoms with E-state index in [1.165, 1.54) is 10.5 Å². The second-order valence-electron chi connectivity index (χ2n) is 10.1. The third-order valence-electron chi connectivity index (χ3n) is 6.05. The number of ether oxygens (including phenoxy) is 1. The average molecular weight is 494 g/mol. The van der Waals surface area contributed by atoms with Crippen LogP contribution in [0.3, 0.4) is 0 Å². The van der Waals surface area contributed by atoms with Crippen LogP contribution in [0.15, 0.2) is 41.6 Å². The summed E-state index contributed by atoms with van der Waals surface area (Å²) in [4.78, 5) is 42.0. The minimum Gasteiger partial charge on any atom is -0.444 e. The molecule has 188 valence electrons. The lowest BCUT2D eigenvalue weighted by Gasteiger charge is -2.41. The number of aromatic nitrogens is 5. The number of pyridine rings is 2. The van der Waals surface area contributed by atoms with Crippen molar-refractivity contribution in [2.45, 2.75) is 46.3 Å². The molecule has 5 heterocycles. The quantitative estimate of drug-likeness (QED) is 0.423. The van der Waals surface area contributed by atoms with Crippen molar-refractivity contribution in [3.8, 4) is 11.4 Å². The molecule has 1 aliphatic rings. The van der Waals surface area contributed by atoms with E-state index in [1.54, 1.807) is 40.9 Å². The molecular formula is C25H28FN7O3. The van der Waals surface area contributed by atoms with E-state index < -0.39 is 17.1 Å². The Balaban J connectivity index is 1.41. The molecular weight excluding hydrogens is 465 g/mol. The van der Waals surface area contributed by atoms with Crippen molar-refractivity contribution >= 4 is 23.1 Å². The molecule has 0 unspecified atom stereocenters. The molecule has 5 rings (SSSR count). The predicted molar refractivity (Wildman–Crippen MR) is 133 cm³/mol. The first-order chi connectivity index (χ1) is 17.0. The fourth-order valence-electron chi connectivity index (χ4n) is 4.41. The van der Waals surface area contributed by atoms with E-state index in [9.17, 15) is 14.0 Å². The largest absolute Gasteiger partial charge is 0.444 e. The summed E-state index contributed by atoms with van der Waals surface area (Å²) in [5, 5.41) is 0. The monoisotopic (exact) mass is 493 g/mol. The fourth-order valence-corrected chi connectivity index (χ4v) is 4.41. The zero-order valence-electron chi connectivity index (χ0n) is 20.9. The Kier molecular flexibility index (Phi) is 5.65. The first kappa shape index (κ1) is 23.7. The van der Waals surface area contributed by atoms with Gasteiger partial charge >= 0.3 is 11.8 Å². The van der Waals surface area contributed by atoms with Crippen LogP contribution in [0.2, 0.25) is 0 Å². The molecule has 1 saturated heterocycles. The van der Waals surface area contributed by atoms with Gasteiger partial charge in [0.25, 0.3) is 0 Å². The van der Waals surface area contributed by atoms with Crippen LogP contribution < -0.4 is 10.6 Å². The molecule has 0 N–H and O–H groups in total. The molecule has 4 aromatic heterocycles. The van der Waals surface area contributed by atoms with Crippen molar-refractivity contribution in [1.82, 2.24) is 28.7 Å². The summed E-state index contributed by atoms with van der Waals surface area (Å²) in [6, 6.07) is 4.83. The Labute approximate surface area is 207 Å². The number of amides is 1. The molecule has 0 saturated carbocycles. The van der Waals surface area contributed by atoms with Gasteiger partial charge in [-0.2, -0.15) is 4.98 Å². The highest BCUT2D eigenvalue weighted by molar-refractivity contribution is 5.69. The van der Waals surface area contributed by atoms with E-state index in [-0.39, 0.29) is 23.6 Å². The molecule has 1 amide bonds. The number of carbonyl (C=O) groups is 1. The minimum absolute atomic E-state index is 0.0729. The van der Waals surface area contributed by atoms with Crippen molar-refractivity contribution in [3.05, 3.63) is 58.8 Å². The molecule has 0 aromatic carbocycles. The van der Waals surface area contributed by atoms with Gasteiger partial charge in [0.05, 0.1) is 11.4 Å². The number of piperazine rings is 1. The van der Waals surface area contributed by atoms with Crippen molar-refractivity contribution in [3.63, 3.8) is 0 Å². The fraction of sp³-hybridized carbons (Fsp3) is 0.400. The molecule has 1 atom stereocenters. The Bertz CT molecular complexity index is 1540. The zero-order chi connectivity index (χ0) is 25.8. The highest BCUT2D eigenvalue weighted by atomic mass is 19.1. The van der Waals surface area contributed by atoms with Gasteiger partial charge in [0.2, 0.25) is 0 Å². The summed E-state index contributed by atoms with van der Waals surface area (Å²) < 4.78 is 23.0. The molecule has 10 nitrogen and oxygen atoms in total. The number of hydrogen-bond donors (Lipinski definition) is 0. The van der Waals surface area contributed by atoms with Crippen molar-refractivity contribution < 1.29 is 13.9 Å². The second kappa shape index (κ2) is 8.58. The van der Waals surface area contributed by atoms with Gasteiger partial charge in [0.15, 0.2) is 17.3 Å². The lowest BCUT2D eigenvalue weighted by molar-refractivity contribution is 0.0159. The number of anilines is 1. The summed E-state index contributed by atoms with van der Waals surface area (Å²) in [7, 11) is 0. The minimum atomic E-state index is -0.554. The summed E-state index contributed by atoms with van der Waals surface area (Å²) in [5.41, 5.74) is 1.42. The van der Waals surface area contributed by atoms with Gasteiger partial charge in [-0.25, -0.2) is 28.3 Å². The SMILES string of the molecule is Cc1cn2cc(-c3nc(=O)n4cc(N5CCN(C(=O)OC(C)(C)C)[C@@H](C)C5)ccc4n3)cc(F)c2n1. The molecule has 1 fully saturated rings. The molecule has 0 radical (unpaired) electrons. The van der Waals surface area contributed by atoms with Crippen LogP contribution in [0.5, 0.6) is 0 Å². The summed E-state index contributed by atoms with van der Waals surface area (Å²) >= 11 is 0. The van der Waals surface area contributed by atoms with Crippen molar-refractivity contribution in [1.29, 1.82) is 0 Å². The third-order valence-corrected chi connectivity index (χ3v) is 6.05. The van der Waals surface area contributed by atoms with Crippen LogP contribution in [0.25, 0.3) is 22.7 Å². The zero-order valence-corrected chi connectivity index (χ0v) is 20.9. The van der Waals surface area contributed by atoms with E-state index in [0.717, 1.165) is 5.69 Å². The van der Waals surface area contributed by atoms with Crippen LogP contribution in [-0.4, -0.2) is 66.0 Å². The molecule has 4 aromatic rings. The highest BCUT2D eigenvalue weighted by Gasteiger charge is 2.31. The molecule has 1 aliphatic heterocycles. The summed E-state index contributed by atoms with van der Waals surface area (Å²) in [6.45, 7) is 11.0. The Morgan fingerprint density at radius 2 is 1.89 bits per heavy atom. The number of halogens is 1. The molecule has 36 heavy (non-hydrogen) atoms.